The number of rotatable bonds is 3. The zero-order valence-electron chi connectivity index (χ0n) is 12.6. The minimum Gasteiger partial charge on any atom is -0.381 e. The molecule has 1 aromatic heterocycles. The lowest BCUT2D eigenvalue weighted by Gasteiger charge is -2.18. The average molecular weight is 353 g/mol. The molecule has 2 aromatic rings. The fraction of sp³-hybridized carbons (Fsp3) is 0.333. The van der Waals surface area contributed by atoms with Crippen LogP contribution in [0.2, 0.25) is 5.15 Å². The first-order valence-corrected chi connectivity index (χ1v) is 9.50. The summed E-state index contributed by atoms with van der Waals surface area (Å²) in [5, 5.41) is -0.105. The fourth-order valence-corrected chi connectivity index (χ4v) is 3.79. The third-order valence-electron chi connectivity index (χ3n) is 4.03. The summed E-state index contributed by atoms with van der Waals surface area (Å²) >= 11 is 5.89. The van der Waals surface area contributed by atoms with Crippen LogP contribution in [0.4, 0.5) is 11.5 Å². The zero-order valence-corrected chi connectivity index (χ0v) is 14.2. The van der Waals surface area contributed by atoms with Crippen molar-refractivity contribution in [2.45, 2.75) is 11.7 Å². The van der Waals surface area contributed by atoms with Gasteiger partial charge in [-0.05, 0) is 18.6 Å². The number of nitrogens with two attached hydrogens (primary N) is 1. The molecule has 1 aromatic carbocycles. The number of nitrogens with zero attached hydrogens (tertiary/aromatic N) is 3. The number of benzene rings is 1. The fourth-order valence-electron chi connectivity index (χ4n) is 2.67. The van der Waals surface area contributed by atoms with Crippen LogP contribution >= 0.6 is 11.6 Å². The van der Waals surface area contributed by atoms with Crippen LogP contribution in [0.15, 0.2) is 30.5 Å². The molecule has 1 fully saturated rings. The van der Waals surface area contributed by atoms with Gasteiger partial charge in [0.25, 0.3) is 0 Å². The van der Waals surface area contributed by atoms with E-state index < -0.39 is 9.84 Å². The molecule has 122 valence electrons. The molecule has 0 spiro atoms. The van der Waals surface area contributed by atoms with Gasteiger partial charge in [0.05, 0.1) is 17.1 Å². The van der Waals surface area contributed by atoms with Crippen molar-refractivity contribution in [3.63, 3.8) is 0 Å². The number of halogens is 1. The van der Waals surface area contributed by atoms with Crippen LogP contribution in [0.1, 0.15) is 6.42 Å². The molecular weight excluding hydrogens is 336 g/mol. The number of hydrogen-bond acceptors (Lipinski definition) is 6. The summed E-state index contributed by atoms with van der Waals surface area (Å²) in [5.74, 6) is 0.205. The monoisotopic (exact) mass is 352 g/mol. The second-order valence-corrected chi connectivity index (χ2v) is 8.35. The van der Waals surface area contributed by atoms with Gasteiger partial charge in [-0.1, -0.05) is 23.7 Å². The molecule has 0 saturated carbocycles. The summed E-state index contributed by atoms with van der Waals surface area (Å²) in [4.78, 5) is 10.3. The highest BCUT2D eigenvalue weighted by molar-refractivity contribution is 7.91. The Kier molecular flexibility index (Phi) is 4.16. The standard InChI is InChI=1S/C15H17ClN4O2S/c1-23(21,22)12-6-7-20(9-12)11-4-2-10(3-5-11)13-8-18-15(17)14(16)19-13/h2-5,8,12H,6-7,9H2,1H3,(H2,17,18)/t12-/m1/s1. The predicted octanol–water partition coefficient (Wildman–Crippen LogP) is 2.00. The van der Waals surface area contributed by atoms with Crippen molar-refractivity contribution in [1.82, 2.24) is 9.97 Å². The van der Waals surface area contributed by atoms with Gasteiger partial charge in [0, 0.05) is 30.6 Å². The Balaban J connectivity index is 1.79. The van der Waals surface area contributed by atoms with Crippen molar-refractivity contribution in [3.05, 3.63) is 35.6 Å². The SMILES string of the molecule is CS(=O)(=O)[C@@H]1CCN(c2ccc(-c3cnc(N)c(Cl)n3)cc2)C1. The zero-order chi connectivity index (χ0) is 16.6. The summed E-state index contributed by atoms with van der Waals surface area (Å²) in [6.07, 6.45) is 3.54. The van der Waals surface area contributed by atoms with Gasteiger partial charge in [-0.2, -0.15) is 0 Å². The maximum Gasteiger partial charge on any atom is 0.171 e. The number of hydrogen-bond donors (Lipinski definition) is 1. The molecule has 0 bridgehead atoms. The van der Waals surface area contributed by atoms with Crippen molar-refractivity contribution in [2.75, 3.05) is 30.0 Å². The second-order valence-electron chi connectivity index (χ2n) is 5.66. The first-order valence-electron chi connectivity index (χ1n) is 7.17. The van der Waals surface area contributed by atoms with Crippen LogP contribution in [0, 0.1) is 0 Å². The summed E-state index contributed by atoms with van der Waals surface area (Å²) in [6.45, 7) is 1.27. The topological polar surface area (TPSA) is 89.2 Å². The summed E-state index contributed by atoms with van der Waals surface area (Å²) in [7, 11) is -2.99. The molecule has 2 N–H and O–H groups in total. The highest BCUT2D eigenvalue weighted by Gasteiger charge is 2.30. The summed E-state index contributed by atoms with van der Waals surface area (Å²) in [6, 6.07) is 7.73. The van der Waals surface area contributed by atoms with E-state index in [2.05, 4.69) is 14.9 Å². The molecule has 2 heterocycles. The Morgan fingerprint density at radius 2 is 2.00 bits per heavy atom. The lowest BCUT2D eigenvalue weighted by Crippen LogP contribution is -2.25. The minimum atomic E-state index is -2.99. The van der Waals surface area contributed by atoms with Crippen LogP contribution in [0.25, 0.3) is 11.3 Å². The van der Waals surface area contributed by atoms with Crippen molar-refractivity contribution >= 4 is 32.9 Å². The largest absolute Gasteiger partial charge is 0.381 e. The predicted molar refractivity (Wildman–Crippen MR) is 92.4 cm³/mol. The molecule has 1 atom stereocenters. The van der Waals surface area contributed by atoms with Gasteiger partial charge in [0.15, 0.2) is 20.8 Å². The third-order valence-corrected chi connectivity index (χ3v) is 5.91. The molecule has 3 rings (SSSR count). The smallest absolute Gasteiger partial charge is 0.171 e. The molecule has 0 aliphatic carbocycles. The highest BCUT2D eigenvalue weighted by Crippen LogP contribution is 2.27. The number of aromatic nitrogens is 2. The van der Waals surface area contributed by atoms with Gasteiger partial charge in [-0.25, -0.2) is 18.4 Å². The highest BCUT2D eigenvalue weighted by atomic mass is 35.5. The van der Waals surface area contributed by atoms with Crippen molar-refractivity contribution < 1.29 is 8.42 Å². The van der Waals surface area contributed by atoms with Gasteiger partial charge < -0.3 is 10.6 Å². The van der Waals surface area contributed by atoms with Crippen LogP contribution < -0.4 is 10.6 Å². The van der Waals surface area contributed by atoms with Gasteiger partial charge in [-0.3, -0.25) is 0 Å². The quantitative estimate of drug-likeness (QED) is 0.908. The van der Waals surface area contributed by atoms with E-state index in [4.69, 9.17) is 17.3 Å². The molecular formula is C15H17ClN4O2S. The average Bonchev–Trinajstić information content (AvgIpc) is 3.00. The maximum atomic E-state index is 11.6. The van der Waals surface area contributed by atoms with E-state index in [1.807, 2.05) is 24.3 Å². The summed E-state index contributed by atoms with van der Waals surface area (Å²) in [5.41, 5.74) is 8.08. The molecule has 8 heteroatoms. The Bertz CT molecular complexity index is 824. The van der Waals surface area contributed by atoms with E-state index in [1.54, 1.807) is 6.20 Å². The minimum absolute atomic E-state index is 0.183. The van der Waals surface area contributed by atoms with E-state index >= 15 is 0 Å². The van der Waals surface area contributed by atoms with E-state index in [0.29, 0.717) is 18.7 Å². The van der Waals surface area contributed by atoms with Crippen LogP contribution in [0.3, 0.4) is 0 Å². The van der Waals surface area contributed by atoms with Gasteiger partial charge >= 0.3 is 0 Å². The van der Waals surface area contributed by atoms with Gasteiger partial charge in [0.1, 0.15) is 0 Å². The molecule has 0 unspecified atom stereocenters. The second kappa shape index (κ2) is 5.98. The Labute approximate surface area is 140 Å². The Hall–Kier alpha value is -1.86. The van der Waals surface area contributed by atoms with Crippen molar-refractivity contribution in [2.24, 2.45) is 0 Å². The molecule has 1 aliphatic heterocycles. The van der Waals surface area contributed by atoms with E-state index in [0.717, 1.165) is 17.8 Å². The summed E-state index contributed by atoms with van der Waals surface area (Å²) < 4.78 is 23.3. The molecule has 6 nitrogen and oxygen atoms in total. The number of nitrogen functional groups attached to an aromatic ring is 1. The molecule has 1 saturated heterocycles. The molecule has 1 aliphatic rings. The van der Waals surface area contributed by atoms with Gasteiger partial charge in [0.2, 0.25) is 0 Å². The normalized spacial score (nSPS) is 18.3. The van der Waals surface area contributed by atoms with E-state index in [1.165, 1.54) is 6.26 Å². The van der Waals surface area contributed by atoms with Gasteiger partial charge in [-0.15, -0.1) is 0 Å². The number of sulfone groups is 1. The Morgan fingerprint density at radius 1 is 1.30 bits per heavy atom. The molecule has 23 heavy (non-hydrogen) atoms. The first kappa shape index (κ1) is 16.0. The first-order chi connectivity index (χ1) is 10.8. The van der Waals surface area contributed by atoms with Crippen molar-refractivity contribution in [3.8, 4) is 11.3 Å². The number of anilines is 2. The molecule has 0 radical (unpaired) electrons. The lowest BCUT2D eigenvalue weighted by atomic mass is 10.1. The Morgan fingerprint density at radius 3 is 2.57 bits per heavy atom. The third kappa shape index (κ3) is 3.40. The van der Waals surface area contributed by atoms with Crippen LogP contribution in [-0.2, 0) is 9.84 Å². The lowest BCUT2D eigenvalue weighted by molar-refractivity contribution is 0.589. The van der Waals surface area contributed by atoms with E-state index in [9.17, 15) is 8.42 Å². The van der Waals surface area contributed by atoms with E-state index in [-0.39, 0.29) is 16.2 Å². The van der Waals surface area contributed by atoms with Crippen LogP contribution in [0.5, 0.6) is 0 Å². The van der Waals surface area contributed by atoms with Crippen LogP contribution in [-0.4, -0.2) is 43.0 Å². The van der Waals surface area contributed by atoms with Crippen molar-refractivity contribution in [1.29, 1.82) is 0 Å². The maximum absolute atomic E-state index is 11.6. The molecule has 0 amide bonds.